The number of pyridine rings is 1. The van der Waals surface area contributed by atoms with Crippen LogP contribution < -0.4 is 20.1 Å². The van der Waals surface area contributed by atoms with Crippen molar-refractivity contribution >= 4 is 32.3 Å². The van der Waals surface area contributed by atoms with Crippen LogP contribution in [-0.2, 0) is 10.0 Å². The molecule has 2 aromatic rings. The lowest BCUT2D eigenvalue weighted by Gasteiger charge is -2.13. The monoisotopic (exact) mass is 336 g/mol. The average Bonchev–Trinajstić information content (AvgIpc) is 2.55. The molecule has 2 rings (SSSR count). The standard InChI is InChI=1S/C14H16N4O4S/c1-15-14(19)23(20,21)18-13-9-16-7-6-12(13)17-10-4-3-5-11(8-10)22-2/h3-9,18H,1-2H3,(H,15,19)(H,16,17). The van der Waals surface area contributed by atoms with Crippen molar-refractivity contribution in [3.63, 3.8) is 0 Å². The zero-order valence-electron chi connectivity index (χ0n) is 12.5. The number of benzene rings is 1. The normalized spacial score (nSPS) is 10.7. The van der Waals surface area contributed by atoms with Gasteiger partial charge in [-0.1, -0.05) is 6.07 Å². The highest BCUT2D eigenvalue weighted by Gasteiger charge is 2.21. The third-order valence-corrected chi connectivity index (χ3v) is 4.04. The second-order valence-electron chi connectivity index (χ2n) is 4.42. The maximum atomic E-state index is 11.8. The summed E-state index contributed by atoms with van der Waals surface area (Å²) in [6.45, 7) is 0. The first-order chi connectivity index (χ1) is 11.0. The highest BCUT2D eigenvalue weighted by molar-refractivity contribution is 8.07. The van der Waals surface area contributed by atoms with E-state index in [4.69, 9.17) is 4.74 Å². The van der Waals surface area contributed by atoms with Crippen molar-refractivity contribution in [3.8, 4) is 5.75 Å². The second kappa shape index (κ2) is 6.97. The Hall–Kier alpha value is -2.81. The van der Waals surface area contributed by atoms with Crippen LogP contribution in [0.1, 0.15) is 0 Å². The number of hydrogen-bond acceptors (Lipinski definition) is 6. The Morgan fingerprint density at radius 3 is 2.70 bits per heavy atom. The first kappa shape index (κ1) is 16.6. The maximum Gasteiger partial charge on any atom is 0.356 e. The van der Waals surface area contributed by atoms with Gasteiger partial charge in [0.15, 0.2) is 0 Å². The molecule has 0 aliphatic carbocycles. The Kier molecular flexibility index (Phi) is 5.02. The number of carbonyl (C=O) groups excluding carboxylic acids is 1. The molecule has 1 aromatic heterocycles. The molecule has 3 N–H and O–H groups in total. The van der Waals surface area contributed by atoms with E-state index in [2.05, 4.69) is 20.3 Å². The van der Waals surface area contributed by atoms with Gasteiger partial charge in [0, 0.05) is 25.0 Å². The van der Waals surface area contributed by atoms with Crippen LogP contribution >= 0.6 is 0 Å². The number of amides is 1. The average molecular weight is 336 g/mol. The number of anilines is 3. The van der Waals surface area contributed by atoms with Gasteiger partial charge in [-0.25, -0.2) is 0 Å². The van der Waals surface area contributed by atoms with E-state index < -0.39 is 15.3 Å². The molecule has 0 bridgehead atoms. The van der Waals surface area contributed by atoms with Gasteiger partial charge in [-0.15, -0.1) is 0 Å². The van der Waals surface area contributed by atoms with Gasteiger partial charge in [0.2, 0.25) is 0 Å². The van der Waals surface area contributed by atoms with Crippen molar-refractivity contribution < 1.29 is 17.9 Å². The van der Waals surface area contributed by atoms with Gasteiger partial charge in [0.05, 0.1) is 24.7 Å². The molecule has 122 valence electrons. The molecule has 9 heteroatoms. The van der Waals surface area contributed by atoms with Crippen LogP contribution in [0.4, 0.5) is 21.9 Å². The van der Waals surface area contributed by atoms with E-state index in [9.17, 15) is 13.2 Å². The third-order valence-electron chi connectivity index (χ3n) is 2.86. The number of rotatable bonds is 5. The number of aromatic nitrogens is 1. The summed E-state index contributed by atoms with van der Waals surface area (Å²) in [6, 6.07) is 8.70. The largest absolute Gasteiger partial charge is 0.497 e. The number of carbonyl (C=O) groups is 1. The zero-order valence-corrected chi connectivity index (χ0v) is 13.3. The lowest BCUT2D eigenvalue weighted by Crippen LogP contribution is -2.31. The van der Waals surface area contributed by atoms with Gasteiger partial charge < -0.3 is 15.4 Å². The summed E-state index contributed by atoms with van der Waals surface area (Å²) < 4.78 is 31.0. The number of methoxy groups -OCH3 is 1. The van der Waals surface area contributed by atoms with E-state index in [1.807, 2.05) is 0 Å². The molecule has 0 fully saturated rings. The highest BCUT2D eigenvalue weighted by atomic mass is 32.2. The number of nitrogens with one attached hydrogen (secondary N) is 3. The fraction of sp³-hybridized carbons (Fsp3) is 0.143. The highest BCUT2D eigenvalue weighted by Crippen LogP contribution is 2.27. The molecular formula is C14H16N4O4S. The molecule has 23 heavy (non-hydrogen) atoms. The third kappa shape index (κ3) is 4.10. The van der Waals surface area contributed by atoms with Gasteiger partial charge in [-0.2, -0.15) is 8.42 Å². The summed E-state index contributed by atoms with van der Waals surface area (Å²) in [5, 5.41) is 3.98. The Balaban J connectivity index is 2.29. The van der Waals surface area contributed by atoms with Gasteiger partial charge >= 0.3 is 15.3 Å². The van der Waals surface area contributed by atoms with Crippen LogP contribution in [0.3, 0.4) is 0 Å². The summed E-state index contributed by atoms with van der Waals surface area (Å²) in [5.74, 6) is 0.650. The lowest BCUT2D eigenvalue weighted by molar-refractivity contribution is 0.260. The van der Waals surface area contributed by atoms with Crippen LogP contribution in [0.2, 0.25) is 0 Å². The summed E-state index contributed by atoms with van der Waals surface area (Å²) in [5.41, 5.74) is 1.29. The van der Waals surface area contributed by atoms with Crippen LogP contribution in [0.15, 0.2) is 42.7 Å². The molecule has 0 saturated heterocycles. The molecule has 1 amide bonds. The van der Waals surface area contributed by atoms with Crippen molar-refractivity contribution in [2.75, 3.05) is 24.2 Å². The van der Waals surface area contributed by atoms with Crippen molar-refractivity contribution in [2.24, 2.45) is 0 Å². The summed E-state index contributed by atoms with van der Waals surface area (Å²) >= 11 is 0. The van der Waals surface area contributed by atoms with E-state index in [0.717, 1.165) is 0 Å². The van der Waals surface area contributed by atoms with E-state index >= 15 is 0 Å². The molecule has 0 radical (unpaired) electrons. The van der Waals surface area contributed by atoms with Gasteiger partial charge in [-0.3, -0.25) is 14.5 Å². The van der Waals surface area contributed by atoms with E-state index in [1.165, 1.54) is 19.4 Å². The summed E-state index contributed by atoms with van der Waals surface area (Å²) in [4.78, 5) is 15.2. The molecule has 0 saturated carbocycles. The summed E-state index contributed by atoms with van der Waals surface area (Å²) in [6.07, 6.45) is 2.81. The fourth-order valence-electron chi connectivity index (χ4n) is 1.77. The minimum absolute atomic E-state index is 0.152. The number of nitrogens with zero attached hydrogens (tertiary/aromatic N) is 1. The van der Waals surface area contributed by atoms with Gasteiger partial charge in [-0.05, 0) is 18.2 Å². The van der Waals surface area contributed by atoms with Crippen molar-refractivity contribution in [1.82, 2.24) is 10.3 Å². The van der Waals surface area contributed by atoms with Gasteiger partial charge in [0.25, 0.3) is 0 Å². The van der Waals surface area contributed by atoms with Crippen LogP contribution in [-0.4, -0.2) is 32.8 Å². The van der Waals surface area contributed by atoms with Crippen molar-refractivity contribution in [1.29, 1.82) is 0 Å². The Morgan fingerprint density at radius 2 is 2.00 bits per heavy atom. The van der Waals surface area contributed by atoms with E-state index in [-0.39, 0.29) is 5.69 Å². The lowest BCUT2D eigenvalue weighted by atomic mass is 10.2. The quantitative estimate of drug-likeness (QED) is 0.769. The molecule has 1 aromatic carbocycles. The predicted molar refractivity (Wildman–Crippen MR) is 87.5 cm³/mol. The zero-order chi connectivity index (χ0) is 16.9. The van der Waals surface area contributed by atoms with E-state index in [0.29, 0.717) is 17.1 Å². The fourth-order valence-corrected chi connectivity index (χ4v) is 2.58. The Bertz CT molecular complexity index is 808. The number of sulfonamides is 1. The molecule has 8 nitrogen and oxygen atoms in total. The molecule has 0 aliphatic heterocycles. The smallest absolute Gasteiger partial charge is 0.356 e. The molecule has 1 heterocycles. The molecule has 0 spiro atoms. The maximum absolute atomic E-state index is 11.8. The van der Waals surface area contributed by atoms with E-state index in [1.54, 1.807) is 37.4 Å². The van der Waals surface area contributed by atoms with Crippen molar-refractivity contribution in [2.45, 2.75) is 0 Å². The minimum Gasteiger partial charge on any atom is -0.497 e. The second-order valence-corrected chi connectivity index (χ2v) is 6.00. The predicted octanol–water partition coefficient (Wildman–Crippen LogP) is 1.91. The van der Waals surface area contributed by atoms with Crippen LogP contribution in [0, 0.1) is 0 Å². The Labute approximate surface area is 133 Å². The molecular weight excluding hydrogens is 320 g/mol. The van der Waals surface area contributed by atoms with Gasteiger partial charge in [0.1, 0.15) is 5.75 Å². The molecule has 0 aliphatic rings. The number of hydrogen-bond donors (Lipinski definition) is 3. The van der Waals surface area contributed by atoms with Crippen LogP contribution in [0.25, 0.3) is 0 Å². The minimum atomic E-state index is -4.20. The molecule has 0 atom stereocenters. The van der Waals surface area contributed by atoms with Crippen LogP contribution in [0.5, 0.6) is 5.75 Å². The van der Waals surface area contributed by atoms with Crippen molar-refractivity contribution in [3.05, 3.63) is 42.7 Å². The number of ether oxygens (including phenoxy) is 1. The molecule has 0 unspecified atom stereocenters. The topological polar surface area (TPSA) is 109 Å². The first-order valence-corrected chi connectivity index (χ1v) is 8.04. The Morgan fingerprint density at radius 1 is 1.22 bits per heavy atom. The first-order valence-electron chi connectivity index (χ1n) is 6.56. The summed E-state index contributed by atoms with van der Waals surface area (Å²) in [7, 11) is -1.41. The SMILES string of the molecule is CNC(=O)S(=O)(=O)Nc1cnccc1Nc1cccc(OC)c1.